The van der Waals surface area contributed by atoms with Gasteiger partial charge in [0.15, 0.2) is 0 Å². The highest BCUT2D eigenvalue weighted by Crippen LogP contribution is 2.04. The van der Waals surface area contributed by atoms with Gasteiger partial charge in [0.25, 0.3) is 0 Å². The van der Waals surface area contributed by atoms with Crippen molar-refractivity contribution in [3.63, 3.8) is 0 Å². The summed E-state index contributed by atoms with van der Waals surface area (Å²) in [5.41, 5.74) is 5.38. The molecule has 4 N–H and O–H groups in total. The number of carbonyl (C=O) groups excluding carboxylic acids is 2. The summed E-state index contributed by atoms with van der Waals surface area (Å²) in [5, 5.41) is 11.0. The van der Waals surface area contributed by atoms with Gasteiger partial charge in [-0.1, -0.05) is 13.8 Å². The predicted molar refractivity (Wildman–Crippen MR) is 77.5 cm³/mol. The lowest BCUT2D eigenvalue weighted by Gasteiger charge is -2.14. The number of nitrogens with two attached hydrogens (primary N) is 1. The highest BCUT2D eigenvalue weighted by atomic mass is 16.4. The summed E-state index contributed by atoms with van der Waals surface area (Å²) < 4.78 is 0. The Morgan fingerprint density at radius 1 is 1.38 bits per heavy atom. The first kappa shape index (κ1) is 18.6. The van der Waals surface area contributed by atoms with E-state index in [-0.39, 0.29) is 11.8 Å². The van der Waals surface area contributed by atoms with E-state index < -0.39 is 17.9 Å². The predicted octanol–water partition coefficient (Wildman–Crippen LogP) is 0.802. The molecule has 0 radical (unpaired) electrons. The van der Waals surface area contributed by atoms with Crippen LogP contribution in [0.1, 0.15) is 37.6 Å². The monoisotopic (exact) mass is 295 g/mol. The first-order valence-electron chi connectivity index (χ1n) is 6.43. The number of carboxylic acid groups (broad SMARTS) is 1. The van der Waals surface area contributed by atoms with Crippen LogP contribution in [0.5, 0.6) is 0 Å². The summed E-state index contributed by atoms with van der Waals surface area (Å²) in [6.45, 7) is 5.14. The van der Waals surface area contributed by atoms with Crippen molar-refractivity contribution in [3.05, 3.63) is 30.1 Å². The Bertz CT molecular complexity index is 474. The summed E-state index contributed by atoms with van der Waals surface area (Å²) in [6, 6.07) is 2.54. The highest BCUT2D eigenvalue weighted by molar-refractivity contribution is 5.92. The van der Waals surface area contributed by atoms with Crippen LogP contribution in [0.4, 0.5) is 0 Å². The minimum Gasteiger partial charge on any atom is -0.480 e. The largest absolute Gasteiger partial charge is 0.480 e. The van der Waals surface area contributed by atoms with Crippen LogP contribution < -0.4 is 11.1 Å². The fraction of sp³-hybridized carbons (Fsp3) is 0.429. The SMILES string of the molecule is CC(=O)NC(CC(C)C)C(=O)O.NC(=O)c1cccnc1. The fourth-order valence-corrected chi connectivity index (χ4v) is 1.45. The fourth-order valence-electron chi connectivity index (χ4n) is 1.45. The smallest absolute Gasteiger partial charge is 0.326 e. The van der Waals surface area contributed by atoms with Crippen molar-refractivity contribution in [1.29, 1.82) is 0 Å². The van der Waals surface area contributed by atoms with Gasteiger partial charge in [0.1, 0.15) is 6.04 Å². The standard InChI is InChI=1S/C8H15NO3.C6H6N2O/c1-5(2)4-7(8(11)12)9-6(3)10;7-6(9)5-2-1-3-8-4-5/h5,7H,4H2,1-3H3,(H,9,10)(H,11,12);1-4H,(H2,7,9). The number of nitrogens with zero attached hydrogens (tertiary/aromatic N) is 1. The number of aromatic nitrogens is 1. The molecule has 1 unspecified atom stereocenters. The molecular weight excluding hydrogens is 274 g/mol. The second-order valence-electron chi connectivity index (χ2n) is 4.83. The molecule has 1 rings (SSSR count). The second-order valence-corrected chi connectivity index (χ2v) is 4.83. The van der Waals surface area contributed by atoms with Gasteiger partial charge in [0.2, 0.25) is 11.8 Å². The lowest BCUT2D eigenvalue weighted by molar-refractivity contribution is -0.142. The van der Waals surface area contributed by atoms with Crippen molar-refractivity contribution in [1.82, 2.24) is 10.3 Å². The zero-order chi connectivity index (χ0) is 16.4. The molecule has 0 fully saturated rings. The minimum absolute atomic E-state index is 0.262. The first-order chi connectivity index (χ1) is 9.73. The van der Waals surface area contributed by atoms with Crippen molar-refractivity contribution in [2.24, 2.45) is 11.7 Å². The molecule has 1 aromatic heterocycles. The van der Waals surface area contributed by atoms with E-state index in [1.165, 1.54) is 13.1 Å². The quantitative estimate of drug-likeness (QED) is 0.741. The van der Waals surface area contributed by atoms with Gasteiger partial charge in [0, 0.05) is 19.3 Å². The average molecular weight is 295 g/mol. The van der Waals surface area contributed by atoms with Crippen LogP contribution in [0.2, 0.25) is 0 Å². The van der Waals surface area contributed by atoms with E-state index in [0.717, 1.165) is 0 Å². The maximum Gasteiger partial charge on any atom is 0.326 e. The summed E-state index contributed by atoms with van der Waals surface area (Å²) in [5.74, 6) is -1.46. The molecule has 0 aliphatic carbocycles. The van der Waals surface area contributed by atoms with E-state index in [9.17, 15) is 14.4 Å². The Morgan fingerprint density at radius 2 is 2.00 bits per heavy atom. The lowest BCUT2D eigenvalue weighted by Crippen LogP contribution is -2.40. The molecule has 0 aromatic carbocycles. The molecule has 0 bridgehead atoms. The Hall–Kier alpha value is -2.44. The van der Waals surface area contributed by atoms with Gasteiger partial charge in [-0.2, -0.15) is 0 Å². The van der Waals surface area contributed by atoms with Crippen molar-refractivity contribution >= 4 is 17.8 Å². The van der Waals surface area contributed by atoms with Crippen molar-refractivity contribution in [3.8, 4) is 0 Å². The van der Waals surface area contributed by atoms with Crippen LogP contribution in [-0.4, -0.2) is 33.9 Å². The van der Waals surface area contributed by atoms with Gasteiger partial charge < -0.3 is 16.2 Å². The molecule has 0 saturated heterocycles. The average Bonchev–Trinajstić information content (AvgIpc) is 2.38. The van der Waals surface area contributed by atoms with Gasteiger partial charge >= 0.3 is 5.97 Å². The maximum atomic E-state index is 10.6. The number of carbonyl (C=O) groups is 3. The van der Waals surface area contributed by atoms with E-state index in [1.807, 2.05) is 13.8 Å². The molecule has 0 aliphatic rings. The molecule has 0 saturated carbocycles. The minimum atomic E-state index is -0.973. The van der Waals surface area contributed by atoms with Crippen molar-refractivity contribution in [2.75, 3.05) is 0 Å². The van der Waals surface area contributed by atoms with Gasteiger partial charge in [-0.15, -0.1) is 0 Å². The molecular formula is C14H21N3O4. The number of pyridine rings is 1. The third-order valence-electron chi connectivity index (χ3n) is 2.33. The molecule has 1 atom stereocenters. The van der Waals surface area contributed by atoms with Crippen LogP contribution in [0.15, 0.2) is 24.5 Å². The molecule has 2 amide bonds. The topological polar surface area (TPSA) is 122 Å². The van der Waals surface area contributed by atoms with E-state index >= 15 is 0 Å². The van der Waals surface area contributed by atoms with E-state index in [1.54, 1.807) is 18.3 Å². The maximum absolute atomic E-state index is 10.6. The molecule has 1 aromatic rings. The number of rotatable bonds is 5. The Morgan fingerprint density at radius 3 is 2.29 bits per heavy atom. The highest BCUT2D eigenvalue weighted by Gasteiger charge is 2.18. The van der Waals surface area contributed by atoms with Crippen LogP contribution in [-0.2, 0) is 9.59 Å². The van der Waals surface area contributed by atoms with Gasteiger partial charge in [-0.05, 0) is 24.5 Å². The summed E-state index contributed by atoms with van der Waals surface area (Å²) in [4.78, 5) is 35.2. The van der Waals surface area contributed by atoms with E-state index in [4.69, 9.17) is 10.8 Å². The van der Waals surface area contributed by atoms with Gasteiger partial charge in [-0.3, -0.25) is 14.6 Å². The number of aliphatic carboxylic acids is 1. The summed E-state index contributed by atoms with van der Waals surface area (Å²) >= 11 is 0. The Kier molecular flexibility index (Phi) is 8.36. The normalized spacial score (nSPS) is 11.0. The number of carboxylic acids is 1. The third kappa shape index (κ3) is 9.15. The zero-order valence-corrected chi connectivity index (χ0v) is 12.4. The lowest BCUT2D eigenvalue weighted by atomic mass is 10.0. The van der Waals surface area contributed by atoms with Crippen LogP contribution in [0, 0.1) is 5.92 Å². The molecule has 7 heteroatoms. The molecule has 7 nitrogen and oxygen atoms in total. The summed E-state index contributed by atoms with van der Waals surface area (Å²) in [6.07, 6.45) is 3.49. The Balaban J connectivity index is 0.000000394. The number of hydrogen-bond acceptors (Lipinski definition) is 4. The van der Waals surface area contributed by atoms with E-state index in [0.29, 0.717) is 12.0 Å². The second kappa shape index (κ2) is 9.46. The molecule has 0 aliphatic heterocycles. The number of nitrogens with one attached hydrogen (secondary N) is 1. The number of hydrogen-bond donors (Lipinski definition) is 3. The van der Waals surface area contributed by atoms with E-state index in [2.05, 4.69) is 10.3 Å². The van der Waals surface area contributed by atoms with Gasteiger partial charge in [0.05, 0.1) is 5.56 Å². The van der Waals surface area contributed by atoms with Crippen LogP contribution >= 0.6 is 0 Å². The van der Waals surface area contributed by atoms with Gasteiger partial charge in [-0.25, -0.2) is 4.79 Å². The number of primary amides is 1. The molecule has 1 heterocycles. The third-order valence-corrected chi connectivity index (χ3v) is 2.33. The zero-order valence-electron chi connectivity index (χ0n) is 12.4. The van der Waals surface area contributed by atoms with Crippen LogP contribution in [0.25, 0.3) is 0 Å². The van der Waals surface area contributed by atoms with Crippen LogP contribution in [0.3, 0.4) is 0 Å². The van der Waals surface area contributed by atoms with Crippen molar-refractivity contribution < 1.29 is 19.5 Å². The number of amides is 2. The Labute approximate surface area is 123 Å². The molecule has 116 valence electrons. The van der Waals surface area contributed by atoms with Crippen molar-refractivity contribution in [2.45, 2.75) is 33.2 Å². The molecule has 21 heavy (non-hydrogen) atoms. The summed E-state index contributed by atoms with van der Waals surface area (Å²) in [7, 11) is 0. The molecule has 0 spiro atoms. The first-order valence-corrected chi connectivity index (χ1v) is 6.43.